The molecule has 0 aliphatic rings. The Balaban J connectivity index is 2.17. The Morgan fingerprint density at radius 2 is 1.80 bits per heavy atom. The number of halogens is 1. The van der Waals surface area contributed by atoms with Gasteiger partial charge in [-0.3, -0.25) is 9.59 Å². The van der Waals surface area contributed by atoms with Gasteiger partial charge in [0.15, 0.2) is 0 Å². The molecule has 130 valence electrons. The summed E-state index contributed by atoms with van der Waals surface area (Å²) in [6.45, 7) is 0. The van der Waals surface area contributed by atoms with E-state index in [0.717, 1.165) is 0 Å². The van der Waals surface area contributed by atoms with Gasteiger partial charge in [0, 0.05) is 25.7 Å². The molecular weight excluding hydrogens is 323 g/mol. The number of nitrogens with one attached hydrogen (secondary N) is 1. The lowest BCUT2D eigenvalue weighted by Gasteiger charge is -2.14. The second kappa shape index (κ2) is 8.10. The number of ether oxygens (including phenoxy) is 1. The third-order valence-corrected chi connectivity index (χ3v) is 3.41. The van der Waals surface area contributed by atoms with Gasteiger partial charge in [0.1, 0.15) is 11.6 Å². The van der Waals surface area contributed by atoms with Crippen LogP contribution >= 0.6 is 0 Å². The van der Waals surface area contributed by atoms with E-state index in [1.165, 1.54) is 30.2 Å². The van der Waals surface area contributed by atoms with E-state index in [2.05, 4.69) is 5.32 Å². The zero-order valence-electron chi connectivity index (χ0n) is 14.2. The molecule has 0 spiro atoms. The summed E-state index contributed by atoms with van der Waals surface area (Å²) in [5.41, 5.74) is 1.52. The van der Waals surface area contributed by atoms with Gasteiger partial charge in [-0.2, -0.15) is 0 Å². The van der Waals surface area contributed by atoms with Crippen LogP contribution in [-0.2, 0) is 4.79 Å². The minimum Gasteiger partial charge on any atom is -0.495 e. The molecule has 5 nitrogen and oxygen atoms in total. The quantitative estimate of drug-likeness (QED) is 0.849. The number of benzene rings is 2. The van der Waals surface area contributed by atoms with Gasteiger partial charge in [-0.15, -0.1) is 0 Å². The number of carbonyl (C=O) groups excluding carboxylic acids is 2. The fraction of sp³-hybridized carbons (Fsp3) is 0.158. The predicted octanol–water partition coefficient (Wildman–Crippen LogP) is 3.19. The summed E-state index contributed by atoms with van der Waals surface area (Å²) in [7, 11) is 4.78. The van der Waals surface area contributed by atoms with Crippen LogP contribution in [-0.4, -0.2) is 37.9 Å². The van der Waals surface area contributed by atoms with Crippen molar-refractivity contribution in [2.75, 3.05) is 26.5 Å². The minimum absolute atomic E-state index is 0.181. The van der Waals surface area contributed by atoms with Crippen LogP contribution in [0, 0.1) is 5.82 Å². The van der Waals surface area contributed by atoms with Gasteiger partial charge < -0.3 is 15.0 Å². The highest BCUT2D eigenvalue weighted by molar-refractivity contribution is 6.04. The molecule has 0 atom stereocenters. The molecule has 0 radical (unpaired) electrons. The van der Waals surface area contributed by atoms with E-state index in [0.29, 0.717) is 22.6 Å². The minimum atomic E-state index is -0.392. The van der Waals surface area contributed by atoms with Crippen LogP contribution in [0.25, 0.3) is 6.08 Å². The summed E-state index contributed by atoms with van der Waals surface area (Å²) in [5, 5.41) is 2.68. The van der Waals surface area contributed by atoms with Crippen molar-refractivity contribution in [1.29, 1.82) is 0 Å². The monoisotopic (exact) mass is 342 g/mol. The van der Waals surface area contributed by atoms with Crippen molar-refractivity contribution >= 4 is 23.6 Å². The summed E-state index contributed by atoms with van der Waals surface area (Å²) >= 11 is 0. The SMILES string of the molecule is COc1ccc(C(=O)N(C)C)cc1NC(=O)C=Cc1ccc(F)cc1. The summed E-state index contributed by atoms with van der Waals surface area (Å²) in [5.74, 6) is -0.468. The fourth-order valence-corrected chi connectivity index (χ4v) is 2.12. The zero-order valence-corrected chi connectivity index (χ0v) is 14.2. The van der Waals surface area contributed by atoms with E-state index < -0.39 is 5.91 Å². The van der Waals surface area contributed by atoms with Gasteiger partial charge in [-0.1, -0.05) is 12.1 Å². The number of nitrogens with zero attached hydrogens (tertiary/aromatic N) is 1. The number of hydrogen-bond acceptors (Lipinski definition) is 3. The molecule has 0 aromatic heterocycles. The molecule has 0 bridgehead atoms. The maximum atomic E-state index is 12.9. The van der Waals surface area contributed by atoms with Gasteiger partial charge in [-0.25, -0.2) is 4.39 Å². The van der Waals surface area contributed by atoms with Crippen molar-refractivity contribution in [3.8, 4) is 5.75 Å². The smallest absolute Gasteiger partial charge is 0.253 e. The van der Waals surface area contributed by atoms with Crippen molar-refractivity contribution < 1.29 is 18.7 Å². The fourth-order valence-electron chi connectivity index (χ4n) is 2.12. The second-order valence-corrected chi connectivity index (χ2v) is 5.49. The first-order chi connectivity index (χ1) is 11.9. The molecule has 0 heterocycles. The molecule has 0 aliphatic heterocycles. The number of amides is 2. The molecule has 2 amide bonds. The summed E-state index contributed by atoms with van der Waals surface area (Å²) in [6.07, 6.45) is 2.89. The molecule has 1 N–H and O–H groups in total. The Morgan fingerprint density at radius 1 is 1.12 bits per heavy atom. The Labute approximate surface area is 145 Å². The van der Waals surface area contributed by atoms with Crippen LogP contribution in [0.4, 0.5) is 10.1 Å². The molecular formula is C19H19FN2O3. The Morgan fingerprint density at radius 3 is 2.40 bits per heavy atom. The van der Waals surface area contributed by atoms with Gasteiger partial charge in [0.25, 0.3) is 5.91 Å². The van der Waals surface area contributed by atoms with Crippen LogP contribution < -0.4 is 10.1 Å². The summed E-state index contributed by atoms with van der Waals surface area (Å²) in [6, 6.07) is 10.6. The summed E-state index contributed by atoms with van der Waals surface area (Å²) in [4.78, 5) is 25.6. The van der Waals surface area contributed by atoms with Gasteiger partial charge >= 0.3 is 0 Å². The normalized spacial score (nSPS) is 10.6. The highest BCUT2D eigenvalue weighted by atomic mass is 19.1. The third-order valence-electron chi connectivity index (χ3n) is 3.41. The van der Waals surface area contributed by atoms with Gasteiger partial charge in [0.05, 0.1) is 12.8 Å². The molecule has 0 saturated carbocycles. The lowest BCUT2D eigenvalue weighted by molar-refractivity contribution is -0.111. The van der Waals surface area contributed by atoms with Crippen LogP contribution in [0.5, 0.6) is 5.75 Å². The van der Waals surface area contributed by atoms with E-state index in [9.17, 15) is 14.0 Å². The average molecular weight is 342 g/mol. The zero-order chi connectivity index (χ0) is 18.4. The molecule has 0 aliphatic carbocycles. The molecule has 2 aromatic rings. The van der Waals surface area contributed by atoms with Crippen molar-refractivity contribution in [2.24, 2.45) is 0 Å². The Hall–Kier alpha value is -3.15. The number of carbonyl (C=O) groups is 2. The lowest BCUT2D eigenvalue weighted by atomic mass is 10.1. The maximum absolute atomic E-state index is 12.9. The van der Waals surface area contributed by atoms with E-state index >= 15 is 0 Å². The highest BCUT2D eigenvalue weighted by Gasteiger charge is 2.12. The van der Waals surface area contributed by atoms with Crippen molar-refractivity contribution in [3.63, 3.8) is 0 Å². The van der Waals surface area contributed by atoms with E-state index in [1.54, 1.807) is 50.5 Å². The molecule has 2 aromatic carbocycles. The lowest BCUT2D eigenvalue weighted by Crippen LogP contribution is -2.22. The summed E-state index contributed by atoms with van der Waals surface area (Å²) < 4.78 is 18.1. The molecule has 6 heteroatoms. The van der Waals surface area contributed by atoms with Crippen LogP contribution in [0.1, 0.15) is 15.9 Å². The van der Waals surface area contributed by atoms with Crippen LogP contribution in [0.2, 0.25) is 0 Å². The average Bonchev–Trinajstić information content (AvgIpc) is 2.60. The van der Waals surface area contributed by atoms with Crippen molar-refractivity contribution in [3.05, 3.63) is 65.5 Å². The standard InChI is InChI=1S/C19H19FN2O3/c1-22(2)19(24)14-7-10-17(25-3)16(12-14)21-18(23)11-6-13-4-8-15(20)9-5-13/h4-12H,1-3H3,(H,21,23). The van der Waals surface area contributed by atoms with Crippen LogP contribution in [0.3, 0.4) is 0 Å². The Bertz CT molecular complexity index is 799. The van der Waals surface area contributed by atoms with E-state index in [4.69, 9.17) is 4.74 Å². The Kier molecular flexibility index (Phi) is 5.89. The van der Waals surface area contributed by atoms with Crippen molar-refractivity contribution in [2.45, 2.75) is 0 Å². The molecule has 0 fully saturated rings. The topological polar surface area (TPSA) is 58.6 Å². The maximum Gasteiger partial charge on any atom is 0.253 e. The van der Waals surface area contributed by atoms with E-state index in [-0.39, 0.29) is 11.7 Å². The molecule has 2 rings (SSSR count). The van der Waals surface area contributed by atoms with Crippen molar-refractivity contribution in [1.82, 2.24) is 4.90 Å². The van der Waals surface area contributed by atoms with Gasteiger partial charge in [0.2, 0.25) is 5.91 Å². The van der Waals surface area contributed by atoms with Gasteiger partial charge in [-0.05, 0) is 42.0 Å². The molecule has 25 heavy (non-hydrogen) atoms. The highest BCUT2D eigenvalue weighted by Crippen LogP contribution is 2.26. The first kappa shape index (κ1) is 18.2. The molecule has 0 unspecified atom stereocenters. The second-order valence-electron chi connectivity index (χ2n) is 5.49. The van der Waals surface area contributed by atoms with E-state index in [1.807, 2.05) is 0 Å². The van der Waals surface area contributed by atoms with Crippen LogP contribution in [0.15, 0.2) is 48.5 Å². The number of hydrogen-bond donors (Lipinski definition) is 1. The first-order valence-electron chi connectivity index (χ1n) is 7.55. The largest absolute Gasteiger partial charge is 0.495 e. The number of anilines is 1. The predicted molar refractivity (Wildman–Crippen MR) is 95.1 cm³/mol. The first-order valence-corrected chi connectivity index (χ1v) is 7.55. The third kappa shape index (κ3) is 4.91. The number of methoxy groups -OCH3 is 1. The molecule has 0 saturated heterocycles. The number of rotatable bonds is 5.